The molecule has 7 heteroatoms. The van der Waals surface area contributed by atoms with Gasteiger partial charge in [0, 0.05) is 11.6 Å². The predicted octanol–water partition coefficient (Wildman–Crippen LogP) is 5.22. The van der Waals surface area contributed by atoms with Crippen LogP contribution in [-0.2, 0) is 13.0 Å². The van der Waals surface area contributed by atoms with E-state index in [0.717, 1.165) is 58.2 Å². The molecule has 0 spiro atoms. The highest BCUT2D eigenvalue weighted by Gasteiger charge is 2.25. The summed E-state index contributed by atoms with van der Waals surface area (Å²) < 4.78 is 15.3. The third kappa shape index (κ3) is 3.95. The Morgan fingerprint density at radius 1 is 1.00 bits per heavy atom. The van der Waals surface area contributed by atoms with Gasteiger partial charge in [0.15, 0.2) is 11.5 Å². The molecule has 6 nitrogen and oxygen atoms in total. The van der Waals surface area contributed by atoms with E-state index in [4.69, 9.17) is 4.98 Å². The maximum Gasteiger partial charge on any atom is 0.252 e. The summed E-state index contributed by atoms with van der Waals surface area (Å²) in [6, 6.07) is 19.8. The Labute approximate surface area is 201 Å². The minimum absolute atomic E-state index is 0.157. The summed E-state index contributed by atoms with van der Waals surface area (Å²) in [5.74, 6) is 0.244. The molecule has 0 unspecified atom stereocenters. The standard InChI is InChI=1S/C28H22FN5O/c29-20-13-11-18(12-14-20)16-19-6-5-8-22-26(21-7-1-2-9-23(21)31-27(19)22)28(35)30-17-25-33-32-24-10-3-4-15-34(24)25/h1-4,7,9-16H,5-6,8,17H2,(H,30,35)/b19-16+. The molecule has 0 bridgehead atoms. The number of hydrogen-bond donors (Lipinski definition) is 1. The van der Waals surface area contributed by atoms with Gasteiger partial charge in [-0.1, -0.05) is 36.4 Å². The molecule has 1 aliphatic rings. The zero-order valence-electron chi connectivity index (χ0n) is 18.9. The van der Waals surface area contributed by atoms with Crippen LogP contribution in [0.15, 0.2) is 72.9 Å². The second kappa shape index (κ2) is 8.76. The number of amides is 1. The Kier molecular flexibility index (Phi) is 5.29. The van der Waals surface area contributed by atoms with Crippen LogP contribution in [0.2, 0.25) is 0 Å². The Balaban J connectivity index is 1.41. The summed E-state index contributed by atoms with van der Waals surface area (Å²) in [6.07, 6.45) is 6.46. The summed E-state index contributed by atoms with van der Waals surface area (Å²) >= 11 is 0. The van der Waals surface area contributed by atoms with E-state index < -0.39 is 0 Å². The molecular formula is C28H22FN5O. The van der Waals surface area contributed by atoms with E-state index in [0.29, 0.717) is 11.4 Å². The minimum Gasteiger partial charge on any atom is -0.345 e. The van der Waals surface area contributed by atoms with Gasteiger partial charge < -0.3 is 5.32 Å². The number of para-hydroxylation sites is 1. The van der Waals surface area contributed by atoms with Gasteiger partial charge in [-0.2, -0.15) is 0 Å². The van der Waals surface area contributed by atoms with Crippen molar-refractivity contribution in [3.63, 3.8) is 0 Å². The molecule has 35 heavy (non-hydrogen) atoms. The highest BCUT2D eigenvalue weighted by Crippen LogP contribution is 2.36. The Morgan fingerprint density at radius 3 is 2.71 bits per heavy atom. The van der Waals surface area contributed by atoms with Gasteiger partial charge in [0.2, 0.25) is 0 Å². The molecule has 1 N–H and O–H groups in total. The topological polar surface area (TPSA) is 72.2 Å². The Bertz CT molecular complexity index is 1600. The third-order valence-corrected chi connectivity index (χ3v) is 6.40. The van der Waals surface area contributed by atoms with Gasteiger partial charge in [-0.15, -0.1) is 10.2 Å². The van der Waals surface area contributed by atoms with E-state index >= 15 is 0 Å². The number of carbonyl (C=O) groups is 1. The van der Waals surface area contributed by atoms with Gasteiger partial charge in [-0.25, -0.2) is 9.37 Å². The van der Waals surface area contributed by atoms with E-state index in [-0.39, 0.29) is 18.3 Å². The van der Waals surface area contributed by atoms with Gasteiger partial charge in [0.25, 0.3) is 5.91 Å². The SMILES string of the molecule is O=C(NCc1nnc2ccccn12)c1c2c(nc3ccccc13)/C(=C/c1ccc(F)cc1)CCC2. The van der Waals surface area contributed by atoms with Crippen LogP contribution in [0.1, 0.15) is 45.8 Å². The molecule has 3 aromatic heterocycles. The maximum absolute atomic E-state index is 13.6. The Hall–Kier alpha value is -4.39. The molecule has 6 rings (SSSR count). The van der Waals surface area contributed by atoms with E-state index in [1.807, 2.05) is 59.1 Å². The smallest absolute Gasteiger partial charge is 0.252 e. The number of allylic oxidation sites excluding steroid dienone is 1. The first kappa shape index (κ1) is 21.2. The maximum atomic E-state index is 13.6. The molecule has 1 aliphatic carbocycles. The number of aromatic nitrogens is 4. The molecule has 0 saturated heterocycles. The number of nitrogens with zero attached hydrogens (tertiary/aromatic N) is 4. The van der Waals surface area contributed by atoms with Crippen molar-refractivity contribution < 1.29 is 9.18 Å². The molecule has 2 aromatic carbocycles. The van der Waals surface area contributed by atoms with Crippen LogP contribution in [0, 0.1) is 5.82 Å². The van der Waals surface area contributed by atoms with Gasteiger partial charge in [0.1, 0.15) is 5.82 Å². The van der Waals surface area contributed by atoms with Gasteiger partial charge in [0.05, 0.1) is 23.3 Å². The monoisotopic (exact) mass is 463 g/mol. The highest BCUT2D eigenvalue weighted by molar-refractivity contribution is 6.09. The quantitative estimate of drug-likeness (QED) is 0.397. The molecule has 0 aliphatic heterocycles. The lowest BCUT2D eigenvalue weighted by atomic mass is 9.85. The van der Waals surface area contributed by atoms with Crippen LogP contribution >= 0.6 is 0 Å². The fraction of sp³-hybridized carbons (Fsp3) is 0.143. The lowest BCUT2D eigenvalue weighted by molar-refractivity contribution is 0.0950. The number of nitrogens with one attached hydrogen (secondary N) is 1. The summed E-state index contributed by atoms with van der Waals surface area (Å²) in [7, 11) is 0. The molecule has 0 radical (unpaired) electrons. The minimum atomic E-state index is -0.264. The fourth-order valence-electron chi connectivity index (χ4n) is 4.75. The highest BCUT2D eigenvalue weighted by atomic mass is 19.1. The molecule has 172 valence electrons. The summed E-state index contributed by atoms with van der Waals surface area (Å²) in [5, 5.41) is 12.3. The lowest BCUT2D eigenvalue weighted by Gasteiger charge is -2.23. The van der Waals surface area contributed by atoms with Crippen LogP contribution in [-0.4, -0.2) is 25.5 Å². The largest absolute Gasteiger partial charge is 0.345 e. The van der Waals surface area contributed by atoms with Crippen molar-refractivity contribution in [3.05, 3.63) is 107 Å². The van der Waals surface area contributed by atoms with Crippen molar-refractivity contribution >= 4 is 34.1 Å². The fourth-order valence-corrected chi connectivity index (χ4v) is 4.75. The lowest BCUT2D eigenvalue weighted by Crippen LogP contribution is -2.26. The zero-order valence-corrected chi connectivity index (χ0v) is 18.9. The van der Waals surface area contributed by atoms with Crippen LogP contribution in [0.5, 0.6) is 0 Å². The van der Waals surface area contributed by atoms with E-state index in [2.05, 4.69) is 15.5 Å². The summed E-state index contributed by atoms with van der Waals surface area (Å²) in [5.41, 5.74) is 5.93. The molecule has 5 aromatic rings. The van der Waals surface area contributed by atoms with E-state index in [1.165, 1.54) is 12.1 Å². The van der Waals surface area contributed by atoms with Gasteiger partial charge in [-0.05, 0) is 72.4 Å². The van der Waals surface area contributed by atoms with Crippen molar-refractivity contribution in [2.75, 3.05) is 0 Å². The molecular weight excluding hydrogens is 441 g/mol. The first-order chi connectivity index (χ1) is 17.2. The summed E-state index contributed by atoms with van der Waals surface area (Å²) in [4.78, 5) is 18.6. The van der Waals surface area contributed by atoms with E-state index in [1.54, 1.807) is 12.1 Å². The molecule has 0 fully saturated rings. The number of fused-ring (bicyclic) bond motifs is 3. The molecule has 0 atom stereocenters. The van der Waals surface area contributed by atoms with Crippen molar-refractivity contribution in [3.8, 4) is 0 Å². The van der Waals surface area contributed by atoms with Gasteiger partial charge >= 0.3 is 0 Å². The number of halogens is 1. The van der Waals surface area contributed by atoms with Crippen LogP contribution < -0.4 is 5.32 Å². The Morgan fingerprint density at radius 2 is 1.83 bits per heavy atom. The summed E-state index contributed by atoms with van der Waals surface area (Å²) in [6.45, 7) is 0.258. The number of hydrogen-bond acceptors (Lipinski definition) is 4. The normalized spacial score (nSPS) is 14.4. The van der Waals surface area contributed by atoms with Crippen molar-refractivity contribution in [1.82, 2.24) is 24.9 Å². The number of benzene rings is 2. The van der Waals surface area contributed by atoms with Crippen molar-refractivity contribution in [2.24, 2.45) is 0 Å². The van der Waals surface area contributed by atoms with Crippen molar-refractivity contribution in [2.45, 2.75) is 25.8 Å². The van der Waals surface area contributed by atoms with Crippen LogP contribution in [0.4, 0.5) is 4.39 Å². The number of rotatable bonds is 4. The van der Waals surface area contributed by atoms with Crippen LogP contribution in [0.25, 0.3) is 28.2 Å². The van der Waals surface area contributed by atoms with E-state index in [9.17, 15) is 9.18 Å². The van der Waals surface area contributed by atoms with Crippen molar-refractivity contribution in [1.29, 1.82) is 0 Å². The molecule has 3 heterocycles. The second-order valence-corrected chi connectivity index (χ2v) is 8.63. The first-order valence-electron chi connectivity index (χ1n) is 11.6. The number of pyridine rings is 2. The van der Waals surface area contributed by atoms with Gasteiger partial charge in [-0.3, -0.25) is 9.20 Å². The molecule has 0 saturated carbocycles. The third-order valence-electron chi connectivity index (χ3n) is 6.40. The molecule has 1 amide bonds. The number of carbonyl (C=O) groups excluding carboxylic acids is 1. The first-order valence-corrected chi connectivity index (χ1v) is 11.6. The second-order valence-electron chi connectivity index (χ2n) is 8.63. The average molecular weight is 464 g/mol. The predicted molar refractivity (Wildman–Crippen MR) is 133 cm³/mol. The average Bonchev–Trinajstić information content (AvgIpc) is 3.30. The van der Waals surface area contributed by atoms with Crippen LogP contribution in [0.3, 0.4) is 0 Å². The zero-order chi connectivity index (χ0) is 23.8.